The molecule has 0 fully saturated rings. The van der Waals surface area contributed by atoms with E-state index < -0.39 is 23.5 Å². The highest BCUT2D eigenvalue weighted by molar-refractivity contribution is 8.00. The largest absolute Gasteiger partial charge is 0.503 e. The lowest BCUT2D eigenvalue weighted by Gasteiger charge is -2.23. The molecule has 1 aromatic heterocycles. The smallest absolute Gasteiger partial charge is 0.296 e. The van der Waals surface area contributed by atoms with Crippen molar-refractivity contribution in [3.8, 4) is 5.75 Å². The summed E-state index contributed by atoms with van der Waals surface area (Å²) in [6.45, 7) is 0. The molecule has 0 spiro atoms. The number of halogens is 1. The second-order valence-corrected chi connectivity index (χ2v) is 10.7. The Morgan fingerprint density at radius 1 is 1.08 bits per heavy atom. The number of aliphatic hydroxyl groups is 1. The minimum Gasteiger partial charge on any atom is -0.503 e. The summed E-state index contributed by atoms with van der Waals surface area (Å²) in [5, 5.41) is 19.5. The van der Waals surface area contributed by atoms with Crippen molar-refractivity contribution in [2.45, 2.75) is 16.1 Å². The number of hydrogen-bond acceptors (Lipinski definition) is 8. The molecule has 0 bridgehead atoms. The zero-order chi connectivity index (χ0) is 27.4. The maximum atomic E-state index is 13.4. The molecule has 1 N–H and O–H groups in total. The van der Waals surface area contributed by atoms with E-state index in [9.17, 15) is 19.1 Å². The highest BCUT2D eigenvalue weighted by Crippen LogP contribution is 2.43. The molecule has 196 valence electrons. The van der Waals surface area contributed by atoms with Gasteiger partial charge >= 0.3 is 0 Å². The molecule has 0 saturated heterocycles. The first-order valence-corrected chi connectivity index (χ1v) is 13.6. The average molecular weight is 560 g/mol. The summed E-state index contributed by atoms with van der Waals surface area (Å²) < 4.78 is 19.1. The number of aromatic nitrogens is 2. The number of nitrogens with zero attached hydrogens (tertiary/aromatic N) is 3. The molecule has 1 atom stereocenters. The summed E-state index contributed by atoms with van der Waals surface area (Å²) in [6, 6.07) is 21.4. The van der Waals surface area contributed by atoms with E-state index in [4.69, 9.17) is 4.74 Å². The molecule has 3 aromatic carbocycles. The number of benzene rings is 3. The summed E-state index contributed by atoms with van der Waals surface area (Å²) >= 11 is 2.56. The zero-order valence-corrected chi connectivity index (χ0v) is 22.3. The maximum Gasteiger partial charge on any atom is 0.296 e. The first kappa shape index (κ1) is 26.3. The van der Waals surface area contributed by atoms with E-state index >= 15 is 0 Å². The molecule has 7 nitrogen and oxygen atoms in total. The van der Waals surface area contributed by atoms with Crippen molar-refractivity contribution in [1.82, 2.24) is 10.2 Å². The Kier molecular flexibility index (Phi) is 7.85. The van der Waals surface area contributed by atoms with Gasteiger partial charge in [0.25, 0.3) is 5.91 Å². The molecular formula is C29H22FN3O4S2. The molecule has 2 heterocycles. The Balaban J connectivity index is 1.45. The van der Waals surface area contributed by atoms with Crippen LogP contribution in [0.25, 0.3) is 6.08 Å². The molecule has 0 aliphatic carbocycles. The minimum absolute atomic E-state index is 0.0481. The number of anilines is 1. The predicted molar refractivity (Wildman–Crippen MR) is 149 cm³/mol. The van der Waals surface area contributed by atoms with Gasteiger partial charge in [0.1, 0.15) is 11.6 Å². The number of ketones is 1. The van der Waals surface area contributed by atoms with Gasteiger partial charge in [-0.3, -0.25) is 14.5 Å². The van der Waals surface area contributed by atoms with Crippen molar-refractivity contribution in [3.63, 3.8) is 0 Å². The normalized spacial score (nSPS) is 15.4. The second kappa shape index (κ2) is 11.6. The van der Waals surface area contributed by atoms with Gasteiger partial charge in [-0.05, 0) is 47.0 Å². The number of hydrogen-bond donors (Lipinski definition) is 1. The van der Waals surface area contributed by atoms with Gasteiger partial charge < -0.3 is 9.84 Å². The van der Waals surface area contributed by atoms with Crippen LogP contribution in [0.5, 0.6) is 5.75 Å². The van der Waals surface area contributed by atoms with Crippen molar-refractivity contribution in [1.29, 1.82) is 0 Å². The number of aliphatic hydroxyl groups excluding tert-OH is 1. The number of carbonyl (C=O) groups is 2. The van der Waals surface area contributed by atoms with Gasteiger partial charge in [-0.25, -0.2) is 4.39 Å². The van der Waals surface area contributed by atoms with E-state index in [-0.39, 0.29) is 16.5 Å². The number of carbonyl (C=O) groups excluding carboxylic acids is 2. The Hall–Kier alpha value is -4.28. The average Bonchev–Trinajstić information content (AvgIpc) is 3.54. The number of amides is 1. The van der Waals surface area contributed by atoms with Gasteiger partial charge in [0.05, 0.1) is 18.7 Å². The standard InChI is InChI=1S/C29H22FN3O4S2/c1-37-22-14-10-20(11-15-22)25-24(23(34)16-9-18-5-3-2-4-6-18)26(35)27(36)33(25)28-31-32-29(39-28)38-17-19-7-12-21(30)13-8-19/h2-16,25,35H,17H2,1H3. The summed E-state index contributed by atoms with van der Waals surface area (Å²) in [7, 11) is 1.54. The predicted octanol–water partition coefficient (Wildman–Crippen LogP) is 6.16. The fourth-order valence-corrected chi connectivity index (χ4v) is 5.89. The number of ether oxygens (including phenoxy) is 1. The zero-order valence-electron chi connectivity index (χ0n) is 20.7. The first-order valence-electron chi connectivity index (χ1n) is 11.8. The first-order chi connectivity index (χ1) is 18.9. The fraction of sp³-hybridized carbons (Fsp3) is 0.103. The van der Waals surface area contributed by atoms with Crippen molar-refractivity contribution in [3.05, 3.63) is 119 Å². The Morgan fingerprint density at radius 2 is 1.79 bits per heavy atom. The Morgan fingerprint density at radius 3 is 2.49 bits per heavy atom. The molecule has 0 radical (unpaired) electrons. The van der Waals surface area contributed by atoms with E-state index in [1.54, 1.807) is 49.6 Å². The highest BCUT2D eigenvalue weighted by Gasteiger charge is 2.45. The van der Waals surface area contributed by atoms with Crippen LogP contribution < -0.4 is 9.64 Å². The van der Waals surface area contributed by atoms with Gasteiger partial charge in [0, 0.05) is 5.75 Å². The van der Waals surface area contributed by atoms with Crippen LogP contribution in [-0.4, -0.2) is 34.1 Å². The van der Waals surface area contributed by atoms with Gasteiger partial charge in [-0.1, -0.05) is 83.8 Å². The number of thioether (sulfide) groups is 1. The monoisotopic (exact) mass is 559 g/mol. The Bertz CT molecular complexity index is 1550. The van der Waals surface area contributed by atoms with Gasteiger partial charge in [0.15, 0.2) is 15.9 Å². The lowest BCUT2D eigenvalue weighted by Crippen LogP contribution is -2.30. The van der Waals surface area contributed by atoms with Crippen LogP contribution in [0.3, 0.4) is 0 Å². The summed E-state index contributed by atoms with van der Waals surface area (Å²) in [4.78, 5) is 28.0. The van der Waals surface area contributed by atoms with Crippen LogP contribution in [0.4, 0.5) is 9.52 Å². The van der Waals surface area contributed by atoms with Crippen molar-refractivity contribution < 1.29 is 23.8 Å². The van der Waals surface area contributed by atoms with Gasteiger partial charge in [-0.2, -0.15) is 0 Å². The third-order valence-electron chi connectivity index (χ3n) is 6.01. The number of methoxy groups -OCH3 is 1. The molecule has 1 unspecified atom stereocenters. The molecule has 1 aliphatic heterocycles. The van der Waals surface area contributed by atoms with E-state index in [0.717, 1.165) is 11.1 Å². The topological polar surface area (TPSA) is 92.6 Å². The van der Waals surface area contributed by atoms with Gasteiger partial charge in [-0.15, -0.1) is 10.2 Å². The summed E-state index contributed by atoms with van der Waals surface area (Å²) in [5.41, 5.74) is 2.26. The lowest BCUT2D eigenvalue weighted by atomic mass is 9.95. The molecule has 1 amide bonds. The Labute approximate surface area is 232 Å². The number of rotatable bonds is 9. The molecule has 0 saturated carbocycles. The third kappa shape index (κ3) is 5.76. The van der Waals surface area contributed by atoms with Crippen LogP contribution in [-0.2, 0) is 15.3 Å². The molecule has 39 heavy (non-hydrogen) atoms. The summed E-state index contributed by atoms with van der Waals surface area (Å²) in [5.74, 6) is -1.04. The quantitative estimate of drug-likeness (QED) is 0.149. The molecule has 1 aliphatic rings. The lowest BCUT2D eigenvalue weighted by molar-refractivity contribution is -0.117. The summed E-state index contributed by atoms with van der Waals surface area (Å²) in [6.07, 6.45) is 2.98. The molecule has 5 rings (SSSR count). The van der Waals surface area contributed by atoms with Crippen LogP contribution in [0, 0.1) is 5.82 Å². The van der Waals surface area contributed by atoms with Crippen molar-refractivity contribution in [2.24, 2.45) is 0 Å². The van der Waals surface area contributed by atoms with Crippen LogP contribution >= 0.6 is 23.1 Å². The van der Waals surface area contributed by atoms with E-state index in [0.29, 0.717) is 21.4 Å². The second-order valence-electron chi connectivity index (χ2n) is 8.49. The van der Waals surface area contributed by atoms with Crippen LogP contribution in [0.15, 0.2) is 101 Å². The molecular weight excluding hydrogens is 537 g/mol. The van der Waals surface area contributed by atoms with Crippen LogP contribution in [0.2, 0.25) is 0 Å². The van der Waals surface area contributed by atoms with Crippen molar-refractivity contribution in [2.75, 3.05) is 12.0 Å². The fourth-order valence-electron chi connectivity index (χ4n) is 4.07. The van der Waals surface area contributed by atoms with Crippen molar-refractivity contribution >= 4 is 46.0 Å². The van der Waals surface area contributed by atoms with E-state index in [1.807, 2.05) is 30.3 Å². The number of allylic oxidation sites excluding steroid dienone is 1. The molecule has 4 aromatic rings. The van der Waals surface area contributed by atoms with Crippen LogP contribution in [0.1, 0.15) is 22.7 Å². The minimum atomic E-state index is -0.917. The maximum absolute atomic E-state index is 13.4. The SMILES string of the molecule is COc1ccc(C2C(C(=O)C=Cc3ccccc3)=C(O)C(=O)N2c2nnc(SCc3ccc(F)cc3)s2)cc1. The molecule has 10 heteroatoms. The van der Waals surface area contributed by atoms with Gasteiger partial charge in [0.2, 0.25) is 5.13 Å². The van der Waals surface area contributed by atoms with E-state index in [1.165, 1.54) is 46.2 Å². The van der Waals surface area contributed by atoms with E-state index in [2.05, 4.69) is 10.2 Å². The third-order valence-corrected chi connectivity index (χ3v) is 8.14. The highest BCUT2D eigenvalue weighted by atomic mass is 32.2.